The van der Waals surface area contributed by atoms with Crippen molar-refractivity contribution in [3.05, 3.63) is 35.9 Å². The Kier molecular flexibility index (Phi) is 2.74. The van der Waals surface area contributed by atoms with Crippen LogP contribution in [0.4, 0.5) is 0 Å². The molecule has 0 amide bonds. The van der Waals surface area contributed by atoms with Crippen molar-refractivity contribution < 1.29 is 0 Å². The van der Waals surface area contributed by atoms with E-state index in [4.69, 9.17) is 5.26 Å². The van der Waals surface area contributed by atoms with Crippen LogP contribution in [-0.4, -0.2) is 30.6 Å². The normalized spacial score (nSPS) is 27.4. The molecule has 17 heavy (non-hydrogen) atoms. The Labute approximate surface area is 102 Å². The quantitative estimate of drug-likeness (QED) is 0.793. The van der Waals surface area contributed by atoms with Gasteiger partial charge in [-0.1, -0.05) is 30.3 Å². The molecule has 2 unspecified atom stereocenters. The minimum Gasteiger partial charge on any atom is -0.313 e. The molecule has 1 saturated heterocycles. The van der Waals surface area contributed by atoms with Gasteiger partial charge in [0.05, 0.1) is 0 Å². The molecule has 2 atom stereocenters. The van der Waals surface area contributed by atoms with Crippen molar-refractivity contribution in [1.29, 1.82) is 5.26 Å². The molecule has 1 N–H and O–H groups in total. The van der Waals surface area contributed by atoms with Crippen LogP contribution >= 0.6 is 0 Å². The zero-order valence-corrected chi connectivity index (χ0v) is 9.84. The van der Waals surface area contributed by atoms with Gasteiger partial charge < -0.3 is 10.2 Å². The van der Waals surface area contributed by atoms with E-state index < -0.39 is 0 Å². The number of benzene rings is 1. The lowest BCUT2D eigenvalue weighted by molar-refractivity contribution is 0.167. The monoisotopic (exact) mass is 227 g/mol. The fourth-order valence-electron chi connectivity index (χ4n) is 2.59. The number of nitriles is 1. The van der Waals surface area contributed by atoms with Crippen LogP contribution in [0, 0.1) is 17.4 Å². The van der Waals surface area contributed by atoms with Gasteiger partial charge in [0.2, 0.25) is 0 Å². The van der Waals surface area contributed by atoms with Gasteiger partial charge in [-0.3, -0.25) is 0 Å². The summed E-state index contributed by atoms with van der Waals surface area (Å²) in [6.07, 6.45) is 3.44. The highest BCUT2D eigenvalue weighted by Crippen LogP contribution is 2.40. The van der Waals surface area contributed by atoms with Crippen molar-refractivity contribution in [3.8, 4) is 6.19 Å². The third kappa shape index (κ3) is 2.27. The van der Waals surface area contributed by atoms with E-state index in [-0.39, 0.29) is 0 Å². The first-order chi connectivity index (χ1) is 8.36. The summed E-state index contributed by atoms with van der Waals surface area (Å²) in [6.45, 7) is 2.94. The summed E-state index contributed by atoms with van der Waals surface area (Å²) >= 11 is 0. The SMILES string of the molecule is N#CN1CC(CNC2CC2c2ccccc2)C1. The molecule has 0 radical (unpaired) electrons. The van der Waals surface area contributed by atoms with E-state index in [9.17, 15) is 0 Å². The molecule has 3 nitrogen and oxygen atoms in total. The molecule has 88 valence electrons. The fourth-order valence-corrected chi connectivity index (χ4v) is 2.59. The van der Waals surface area contributed by atoms with Gasteiger partial charge in [0.1, 0.15) is 0 Å². The van der Waals surface area contributed by atoms with Gasteiger partial charge in [-0.25, -0.2) is 0 Å². The molecule has 1 aliphatic heterocycles. The summed E-state index contributed by atoms with van der Waals surface area (Å²) in [5.41, 5.74) is 1.46. The van der Waals surface area contributed by atoms with Gasteiger partial charge >= 0.3 is 0 Å². The van der Waals surface area contributed by atoms with Crippen LogP contribution in [0.1, 0.15) is 17.9 Å². The summed E-state index contributed by atoms with van der Waals surface area (Å²) in [7, 11) is 0. The molecule has 1 aliphatic carbocycles. The largest absolute Gasteiger partial charge is 0.313 e. The van der Waals surface area contributed by atoms with Gasteiger partial charge in [0, 0.05) is 37.5 Å². The van der Waals surface area contributed by atoms with E-state index in [0.717, 1.165) is 19.6 Å². The molecule has 2 fully saturated rings. The first-order valence-corrected chi connectivity index (χ1v) is 6.30. The number of nitrogens with zero attached hydrogens (tertiary/aromatic N) is 2. The minimum absolute atomic E-state index is 0.661. The standard InChI is InChI=1S/C14H17N3/c15-10-17-8-11(9-17)7-16-14-6-13(14)12-4-2-1-3-5-12/h1-5,11,13-14,16H,6-9H2. The maximum absolute atomic E-state index is 8.64. The Morgan fingerprint density at radius 3 is 2.76 bits per heavy atom. The zero-order chi connectivity index (χ0) is 11.7. The first-order valence-electron chi connectivity index (χ1n) is 6.30. The molecule has 0 bridgehead atoms. The number of nitrogens with one attached hydrogen (secondary N) is 1. The Hall–Kier alpha value is -1.53. The highest BCUT2D eigenvalue weighted by atomic mass is 15.2. The van der Waals surface area contributed by atoms with Gasteiger partial charge in [-0.05, 0) is 12.0 Å². The smallest absolute Gasteiger partial charge is 0.179 e. The van der Waals surface area contributed by atoms with Crippen LogP contribution in [0.5, 0.6) is 0 Å². The van der Waals surface area contributed by atoms with Gasteiger partial charge in [-0.2, -0.15) is 5.26 Å². The van der Waals surface area contributed by atoms with Crippen LogP contribution in [-0.2, 0) is 0 Å². The van der Waals surface area contributed by atoms with Gasteiger partial charge in [-0.15, -0.1) is 0 Å². The van der Waals surface area contributed by atoms with E-state index in [1.54, 1.807) is 0 Å². The average molecular weight is 227 g/mol. The van der Waals surface area contributed by atoms with Crippen molar-refractivity contribution >= 4 is 0 Å². The number of hydrogen-bond acceptors (Lipinski definition) is 3. The lowest BCUT2D eigenvalue weighted by Gasteiger charge is -2.35. The maximum atomic E-state index is 8.64. The van der Waals surface area contributed by atoms with Crippen LogP contribution in [0.15, 0.2) is 30.3 Å². The van der Waals surface area contributed by atoms with Crippen LogP contribution < -0.4 is 5.32 Å². The zero-order valence-electron chi connectivity index (χ0n) is 9.84. The predicted molar refractivity (Wildman–Crippen MR) is 66.3 cm³/mol. The molecule has 1 aromatic rings. The van der Waals surface area contributed by atoms with Crippen LogP contribution in [0.3, 0.4) is 0 Å². The second-order valence-corrected chi connectivity index (χ2v) is 5.14. The fraction of sp³-hybridized carbons (Fsp3) is 0.500. The van der Waals surface area contributed by atoms with Crippen molar-refractivity contribution in [2.75, 3.05) is 19.6 Å². The predicted octanol–water partition coefficient (Wildman–Crippen LogP) is 1.54. The molecule has 1 saturated carbocycles. The third-order valence-corrected chi connectivity index (χ3v) is 3.79. The van der Waals surface area contributed by atoms with E-state index >= 15 is 0 Å². The Morgan fingerprint density at radius 1 is 1.29 bits per heavy atom. The minimum atomic E-state index is 0.661. The topological polar surface area (TPSA) is 39.1 Å². The highest BCUT2D eigenvalue weighted by molar-refractivity contribution is 5.27. The molecule has 0 spiro atoms. The average Bonchev–Trinajstić information content (AvgIpc) is 3.08. The summed E-state index contributed by atoms with van der Waals surface area (Å²) in [5, 5.41) is 12.3. The van der Waals surface area contributed by atoms with Crippen molar-refractivity contribution in [2.45, 2.75) is 18.4 Å². The first kappa shape index (κ1) is 10.6. The summed E-state index contributed by atoms with van der Waals surface area (Å²) < 4.78 is 0. The number of rotatable bonds is 4. The lowest BCUT2D eigenvalue weighted by Crippen LogP contribution is -2.48. The number of hydrogen-bond donors (Lipinski definition) is 1. The molecular formula is C14H17N3. The maximum Gasteiger partial charge on any atom is 0.179 e. The Morgan fingerprint density at radius 2 is 2.06 bits per heavy atom. The molecule has 3 rings (SSSR count). The van der Waals surface area contributed by atoms with Crippen molar-refractivity contribution in [2.24, 2.45) is 5.92 Å². The molecular weight excluding hydrogens is 210 g/mol. The van der Waals surface area contributed by atoms with Crippen LogP contribution in [0.25, 0.3) is 0 Å². The second kappa shape index (κ2) is 4.38. The number of likely N-dealkylation sites (tertiary alicyclic amines) is 1. The Bertz CT molecular complexity index is 417. The second-order valence-electron chi connectivity index (χ2n) is 5.14. The van der Waals surface area contributed by atoms with E-state index in [0.29, 0.717) is 17.9 Å². The van der Waals surface area contributed by atoms with Gasteiger partial charge in [0.25, 0.3) is 0 Å². The van der Waals surface area contributed by atoms with Crippen molar-refractivity contribution in [3.63, 3.8) is 0 Å². The van der Waals surface area contributed by atoms with E-state index in [1.165, 1.54) is 12.0 Å². The highest BCUT2D eigenvalue weighted by Gasteiger charge is 2.38. The molecule has 1 heterocycles. The summed E-state index contributed by atoms with van der Waals surface area (Å²) in [5.74, 6) is 1.38. The third-order valence-electron chi connectivity index (χ3n) is 3.79. The summed E-state index contributed by atoms with van der Waals surface area (Å²) in [6, 6.07) is 11.4. The summed E-state index contributed by atoms with van der Waals surface area (Å²) in [4.78, 5) is 1.81. The lowest BCUT2D eigenvalue weighted by atomic mass is 10.0. The molecule has 1 aromatic carbocycles. The van der Waals surface area contributed by atoms with E-state index in [1.807, 2.05) is 4.90 Å². The van der Waals surface area contributed by atoms with Gasteiger partial charge in [0.15, 0.2) is 6.19 Å². The van der Waals surface area contributed by atoms with Crippen molar-refractivity contribution in [1.82, 2.24) is 10.2 Å². The Balaban J connectivity index is 1.41. The molecule has 0 aromatic heterocycles. The van der Waals surface area contributed by atoms with E-state index in [2.05, 4.69) is 41.8 Å². The van der Waals surface area contributed by atoms with Crippen LogP contribution in [0.2, 0.25) is 0 Å². The molecule has 3 heteroatoms. The molecule has 2 aliphatic rings.